The zero-order valence-corrected chi connectivity index (χ0v) is 14.5. The topological polar surface area (TPSA) is 108 Å². The molecule has 8 nitrogen and oxygen atoms in total. The van der Waals surface area contributed by atoms with Crippen molar-refractivity contribution in [2.75, 3.05) is 0 Å². The van der Waals surface area contributed by atoms with Gasteiger partial charge in [-0.3, -0.25) is 10.2 Å². The third kappa shape index (κ3) is 3.07. The quantitative estimate of drug-likeness (QED) is 0.762. The van der Waals surface area contributed by atoms with Gasteiger partial charge in [-0.2, -0.15) is 5.26 Å². The number of nitriles is 1. The van der Waals surface area contributed by atoms with Crippen molar-refractivity contribution in [1.29, 1.82) is 5.26 Å². The van der Waals surface area contributed by atoms with Crippen LogP contribution in [0.15, 0.2) is 31.0 Å². The third-order valence-electron chi connectivity index (χ3n) is 5.33. The Morgan fingerprint density at radius 1 is 1.42 bits per heavy atom. The maximum atomic E-state index is 12.6. The number of nitrogens with zero attached hydrogens (tertiary/aromatic N) is 4. The van der Waals surface area contributed by atoms with Crippen LogP contribution in [-0.4, -0.2) is 32.5 Å². The molecule has 3 N–H and O–H groups in total. The molecule has 1 aliphatic carbocycles. The van der Waals surface area contributed by atoms with Gasteiger partial charge in [0.15, 0.2) is 0 Å². The molecule has 134 valence electrons. The first-order valence-electron chi connectivity index (χ1n) is 8.82. The molecule has 0 bridgehead atoms. The number of hydrogen-bond donors (Lipinski definition) is 3. The molecule has 0 radical (unpaired) electrons. The minimum absolute atomic E-state index is 0.105. The second-order valence-corrected chi connectivity index (χ2v) is 7.00. The molecule has 8 heteroatoms. The van der Waals surface area contributed by atoms with Crippen molar-refractivity contribution in [1.82, 2.24) is 30.7 Å². The Hall–Kier alpha value is -2.76. The lowest BCUT2D eigenvalue weighted by atomic mass is 9.81. The van der Waals surface area contributed by atoms with Gasteiger partial charge >= 0.3 is 0 Å². The van der Waals surface area contributed by atoms with Crippen LogP contribution in [0.1, 0.15) is 47.0 Å². The molecule has 26 heavy (non-hydrogen) atoms. The van der Waals surface area contributed by atoms with Crippen LogP contribution < -0.4 is 16.2 Å². The Labute approximate surface area is 151 Å². The number of carbonyl (C=O) groups is 1. The number of aryl methyl sites for hydroxylation is 1. The van der Waals surface area contributed by atoms with Gasteiger partial charge in [0, 0.05) is 36.6 Å². The highest BCUT2D eigenvalue weighted by Gasteiger charge is 2.41. The van der Waals surface area contributed by atoms with Crippen molar-refractivity contribution in [2.45, 2.75) is 44.4 Å². The Bertz CT molecular complexity index is 842. The number of imidazole rings is 1. The van der Waals surface area contributed by atoms with Crippen molar-refractivity contribution in [3.05, 3.63) is 47.8 Å². The molecule has 2 aliphatic rings. The predicted octanol–water partition coefficient (Wildman–Crippen LogP) is 1.03. The monoisotopic (exact) mass is 351 g/mol. The molecule has 4 atom stereocenters. The molecule has 1 aliphatic heterocycles. The average Bonchev–Trinajstić information content (AvgIpc) is 3.30. The first-order valence-corrected chi connectivity index (χ1v) is 8.82. The number of rotatable bonds is 3. The largest absolute Gasteiger partial charge is 0.348 e. The molecule has 1 saturated carbocycles. The molecule has 2 aromatic rings. The molecule has 3 heterocycles. The van der Waals surface area contributed by atoms with Crippen LogP contribution in [0.2, 0.25) is 0 Å². The van der Waals surface area contributed by atoms with Gasteiger partial charge in [0.05, 0.1) is 11.9 Å². The van der Waals surface area contributed by atoms with Gasteiger partial charge in [0.2, 0.25) is 0 Å². The molecule has 1 saturated heterocycles. The number of hydrazine groups is 1. The summed E-state index contributed by atoms with van der Waals surface area (Å²) >= 11 is 0. The fourth-order valence-corrected chi connectivity index (χ4v) is 4.02. The number of aromatic nitrogens is 3. The van der Waals surface area contributed by atoms with Gasteiger partial charge < -0.3 is 9.88 Å². The molecule has 2 aromatic heterocycles. The fraction of sp³-hybridized carbons (Fsp3) is 0.444. The van der Waals surface area contributed by atoms with Crippen molar-refractivity contribution in [3.8, 4) is 6.07 Å². The van der Waals surface area contributed by atoms with Crippen LogP contribution in [-0.2, 0) is 0 Å². The van der Waals surface area contributed by atoms with Crippen LogP contribution in [0.3, 0.4) is 0 Å². The summed E-state index contributed by atoms with van der Waals surface area (Å²) < 4.78 is 2.06. The summed E-state index contributed by atoms with van der Waals surface area (Å²) in [6.07, 6.45) is 9.92. The van der Waals surface area contributed by atoms with E-state index in [9.17, 15) is 4.79 Å². The summed E-state index contributed by atoms with van der Waals surface area (Å²) in [6, 6.07) is 4.24. The average molecular weight is 351 g/mol. The van der Waals surface area contributed by atoms with Crippen molar-refractivity contribution < 1.29 is 4.79 Å². The smallest absolute Gasteiger partial charge is 0.270 e. The molecule has 1 amide bonds. The summed E-state index contributed by atoms with van der Waals surface area (Å²) in [5, 5.41) is 12.1. The van der Waals surface area contributed by atoms with Crippen LogP contribution in [0.4, 0.5) is 0 Å². The van der Waals surface area contributed by atoms with E-state index >= 15 is 0 Å². The van der Waals surface area contributed by atoms with E-state index in [1.165, 1.54) is 6.20 Å². The lowest BCUT2D eigenvalue weighted by Gasteiger charge is -2.33. The maximum Gasteiger partial charge on any atom is 0.270 e. The number of fused-ring (bicyclic) bond motifs is 1. The summed E-state index contributed by atoms with van der Waals surface area (Å²) in [7, 11) is 0. The highest BCUT2D eigenvalue weighted by atomic mass is 16.1. The fourth-order valence-electron chi connectivity index (χ4n) is 4.02. The van der Waals surface area contributed by atoms with Crippen molar-refractivity contribution in [3.63, 3.8) is 0 Å². The molecule has 4 rings (SSSR count). The van der Waals surface area contributed by atoms with Crippen LogP contribution in [0, 0.1) is 24.2 Å². The number of hydrogen-bond acceptors (Lipinski definition) is 6. The molecule has 0 spiro atoms. The zero-order valence-electron chi connectivity index (χ0n) is 14.5. The lowest BCUT2D eigenvalue weighted by Crippen LogP contribution is -2.44. The van der Waals surface area contributed by atoms with Crippen LogP contribution in [0.25, 0.3) is 0 Å². The van der Waals surface area contributed by atoms with E-state index < -0.39 is 0 Å². The Kier molecular flexibility index (Phi) is 4.41. The first-order chi connectivity index (χ1) is 12.7. The number of carbonyl (C=O) groups excluding carboxylic acids is 1. The summed E-state index contributed by atoms with van der Waals surface area (Å²) in [4.78, 5) is 20.9. The SMILES string of the molecule is Cc1cc(C#N)cnc1C(=O)NC1CCC2NNC(n3ccnc3)C2C1. The van der Waals surface area contributed by atoms with Gasteiger partial charge in [-0.05, 0) is 37.8 Å². The number of pyridine rings is 1. The van der Waals surface area contributed by atoms with Crippen molar-refractivity contribution >= 4 is 5.91 Å². The minimum Gasteiger partial charge on any atom is -0.348 e. The summed E-state index contributed by atoms with van der Waals surface area (Å²) in [5.41, 5.74) is 8.29. The standard InChI is InChI=1S/C18H21N7O/c1-11-6-12(8-19)9-21-16(11)18(26)22-13-2-3-15-14(7-13)17(24-23-15)25-5-4-20-10-25/h4-6,9-10,13-15,17,23-24H,2-3,7H2,1H3,(H,22,26). The van der Waals surface area contributed by atoms with E-state index in [0.717, 1.165) is 24.8 Å². The van der Waals surface area contributed by atoms with Crippen molar-refractivity contribution in [2.24, 2.45) is 5.92 Å². The van der Waals surface area contributed by atoms with E-state index in [1.54, 1.807) is 19.2 Å². The second-order valence-electron chi connectivity index (χ2n) is 7.00. The van der Waals surface area contributed by atoms with Gasteiger partial charge in [-0.15, -0.1) is 0 Å². The van der Waals surface area contributed by atoms with Crippen LogP contribution >= 0.6 is 0 Å². The van der Waals surface area contributed by atoms with E-state index in [-0.39, 0.29) is 18.1 Å². The Morgan fingerprint density at radius 2 is 2.31 bits per heavy atom. The Balaban J connectivity index is 1.44. The highest BCUT2D eigenvalue weighted by Crippen LogP contribution is 2.35. The van der Waals surface area contributed by atoms with E-state index in [4.69, 9.17) is 5.26 Å². The number of amides is 1. The van der Waals surface area contributed by atoms with Gasteiger partial charge in [-0.25, -0.2) is 15.4 Å². The summed E-state index contributed by atoms with van der Waals surface area (Å²) in [6.45, 7) is 1.81. The molecule has 2 fully saturated rings. The highest BCUT2D eigenvalue weighted by molar-refractivity contribution is 5.93. The van der Waals surface area contributed by atoms with Gasteiger partial charge in [-0.1, -0.05) is 0 Å². The van der Waals surface area contributed by atoms with E-state index in [0.29, 0.717) is 23.2 Å². The van der Waals surface area contributed by atoms with E-state index in [1.807, 2.05) is 18.6 Å². The maximum absolute atomic E-state index is 12.6. The third-order valence-corrected chi connectivity index (χ3v) is 5.33. The number of nitrogens with one attached hydrogen (secondary N) is 3. The normalized spacial score (nSPS) is 27.5. The first kappa shape index (κ1) is 16.7. The zero-order chi connectivity index (χ0) is 18.1. The minimum atomic E-state index is -0.173. The summed E-state index contributed by atoms with van der Waals surface area (Å²) in [5.74, 6) is 0.201. The second kappa shape index (κ2) is 6.86. The van der Waals surface area contributed by atoms with Crippen LogP contribution in [0.5, 0.6) is 0 Å². The van der Waals surface area contributed by atoms with Gasteiger partial charge in [0.25, 0.3) is 5.91 Å². The molecular formula is C18H21N7O. The molecular weight excluding hydrogens is 330 g/mol. The Morgan fingerprint density at radius 3 is 3.04 bits per heavy atom. The predicted molar refractivity (Wildman–Crippen MR) is 93.6 cm³/mol. The molecule has 4 unspecified atom stereocenters. The van der Waals surface area contributed by atoms with E-state index in [2.05, 4.69) is 30.7 Å². The van der Waals surface area contributed by atoms with Gasteiger partial charge in [0.1, 0.15) is 17.9 Å². The molecule has 0 aromatic carbocycles. The lowest BCUT2D eigenvalue weighted by molar-refractivity contribution is 0.0906.